The fourth-order valence-electron chi connectivity index (χ4n) is 1.15. The van der Waals surface area contributed by atoms with Gasteiger partial charge in [-0.3, -0.25) is 4.79 Å². The fraction of sp³-hybridized carbons (Fsp3) is 0.857. The molecule has 11 heavy (non-hydrogen) atoms. The maximum Gasteiger partial charge on any atom is 0.237 e. The Balaban J connectivity index is 0.000001000. The van der Waals surface area contributed by atoms with Crippen molar-refractivity contribution in [1.29, 1.82) is 0 Å². The van der Waals surface area contributed by atoms with E-state index in [2.05, 4.69) is 10.6 Å². The first-order chi connectivity index (χ1) is 4.72. The van der Waals surface area contributed by atoms with E-state index >= 15 is 0 Å². The molecule has 1 fully saturated rings. The summed E-state index contributed by atoms with van der Waals surface area (Å²) in [5, 5.41) is 5.97. The highest BCUT2D eigenvalue weighted by molar-refractivity contribution is 5.85. The number of rotatable bonds is 1. The highest BCUT2D eigenvalue weighted by atomic mass is 35.5. The van der Waals surface area contributed by atoms with Crippen molar-refractivity contribution in [3.63, 3.8) is 0 Å². The summed E-state index contributed by atoms with van der Waals surface area (Å²) < 4.78 is 0. The largest absolute Gasteiger partial charge is 0.353 e. The summed E-state index contributed by atoms with van der Waals surface area (Å²) in [4.78, 5) is 11.1. The first kappa shape index (κ1) is 10.7. The summed E-state index contributed by atoms with van der Waals surface area (Å²) in [6.07, 6.45) is 0. The van der Waals surface area contributed by atoms with Crippen LogP contribution < -0.4 is 10.6 Å². The van der Waals surface area contributed by atoms with Crippen LogP contribution in [0.5, 0.6) is 0 Å². The number of halogens is 1. The summed E-state index contributed by atoms with van der Waals surface area (Å²) in [7, 11) is 0. The van der Waals surface area contributed by atoms with Crippen LogP contribution in [0, 0.1) is 5.92 Å². The fourth-order valence-corrected chi connectivity index (χ4v) is 1.15. The molecular weight excluding hydrogens is 164 g/mol. The van der Waals surface area contributed by atoms with E-state index in [0.717, 1.165) is 13.1 Å². The molecule has 0 saturated carbocycles. The average Bonchev–Trinajstić information content (AvgIpc) is 1.88. The first-order valence-electron chi connectivity index (χ1n) is 3.73. The van der Waals surface area contributed by atoms with E-state index in [1.54, 1.807) is 0 Å². The Kier molecular flexibility index (Phi) is 4.45. The van der Waals surface area contributed by atoms with Crippen LogP contribution in [0.25, 0.3) is 0 Å². The molecule has 1 atom stereocenters. The first-order valence-corrected chi connectivity index (χ1v) is 3.73. The molecule has 0 aromatic rings. The monoisotopic (exact) mass is 178 g/mol. The lowest BCUT2D eigenvalue weighted by atomic mass is 10.0. The maximum absolute atomic E-state index is 11.1. The molecule has 0 bridgehead atoms. The summed E-state index contributed by atoms with van der Waals surface area (Å²) in [5.74, 6) is 0.529. The average molecular weight is 179 g/mol. The molecule has 1 amide bonds. The third kappa shape index (κ3) is 2.67. The van der Waals surface area contributed by atoms with Crippen molar-refractivity contribution in [2.45, 2.75) is 19.9 Å². The predicted molar refractivity (Wildman–Crippen MR) is 46.9 cm³/mol. The number of piperazine rings is 1. The molecule has 1 aliphatic heterocycles. The van der Waals surface area contributed by atoms with Crippen LogP contribution in [0.3, 0.4) is 0 Å². The van der Waals surface area contributed by atoms with E-state index < -0.39 is 0 Å². The topological polar surface area (TPSA) is 41.1 Å². The number of hydrogen-bond acceptors (Lipinski definition) is 2. The van der Waals surface area contributed by atoms with E-state index in [4.69, 9.17) is 0 Å². The molecule has 0 aromatic heterocycles. The zero-order chi connectivity index (χ0) is 7.56. The van der Waals surface area contributed by atoms with Gasteiger partial charge in [0.2, 0.25) is 5.91 Å². The second-order valence-electron chi connectivity index (χ2n) is 2.97. The Morgan fingerprint density at radius 1 is 1.45 bits per heavy atom. The van der Waals surface area contributed by atoms with Crippen molar-refractivity contribution in [3.05, 3.63) is 0 Å². The van der Waals surface area contributed by atoms with Gasteiger partial charge in [-0.15, -0.1) is 12.4 Å². The summed E-state index contributed by atoms with van der Waals surface area (Å²) in [6, 6.07) is 0.0220. The van der Waals surface area contributed by atoms with Gasteiger partial charge in [-0.05, 0) is 5.92 Å². The van der Waals surface area contributed by atoms with Gasteiger partial charge >= 0.3 is 0 Å². The van der Waals surface area contributed by atoms with Crippen molar-refractivity contribution in [2.24, 2.45) is 5.92 Å². The van der Waals surface area contributed by atoms with Gasteiger partial charge < -0.3 is 10.6 Å². The number of nitrogens with one attached hydrogen (secondary N) is 2. The second kappa shape index (κ2) is 4.57. The molecule has 1 saturated heterocycles. The molecule has 66 valence electrons. The summed E-state index contributed by atoms with van der Waals surface area (Å²) in [6.45, 7) is 5.75. The Hall–Kier alpha value is -0.280. The Labute approximate surface area is 73.3 Å². The van der Waals surface area contributed by atoms with Crippen LogP contribution >= 0.6 is 12.4 Å². The number of amides is 1. The van der Waals surface area contributed by atoms with Gasteiger partial charge in [0.05, 0.1) is 6.04 Å². The molecule has 1 aliphatic rings. The molecule has 3 nitrogen and oxygen atoms in total. The zero-order valence-corrected chi connectivity index (χ0v) is 7.70. The SMILES string of the molecule is CC(C)[C@H]1NCCNC1=O.Cl. The molecule has 0 spiro atoms. The van der Waals surface area contributed by atoms with Crippen molar-refractivity contribution in [3.8, 4) is 0 Å². The quantitative estimate of drug-likeness (QED) is 0.601. The van der Waals surface area contributed by atoms with E-state index in [-0.39, 0.29) is 24.4 Å². The minimum absolute atomic E-state index is 0. The lowest BCUT2D eigenvalue weighted by Gasteiger charge is -2.26. The third-order valence-electron chi connectivity index (χ3n) is 1.74. The van der Waals surface area contributed by atoms with Crippen LogP contribution in [-0.2, 0) is 4.79 Å². The van der Waals surface area contributed by atoms with Crippen LogP contribution in [0.15, 0.2) is 0 Å². The Morgan fingerprint density at radius 3 is 2.45 bits per heavy atom. The highest BCUT2D eigenvalue weighted by Crippen LogP contribution is 2.02. The van der Waals surface area contributed by atoms with E-state index in [1.807, 2.05) is 13.8 Å². The predicted octanol–water partition coefficient (Wildman–Crippen LogP) is 0.152. The van der Waals surface area contributed by atoms with Gasteiger partial charge in [-0.25, -0.2) is 0 Å². The normalized spacial score (nSPS) is 24.3. The Bertz CT molecular complexity index is 138. The molecule has 1 rings (SSSR count). The molecule has 0 radical (unpaired) electrons. The van der Waals surface area contributed by atoms with Crippen molar-refractivity contribution < 1.29 is 4.79 Å². The molecule has 1 heterocycles. The van der Waals surface area contributed by atoms with Crippen LogP contribution in [0.4, 0.5) is 0 Å². The molecule has 4 heteroatoms. The molecule has 0 unspecified atom stereocenters. The molecular formula is C7H15ClN2O. The number of carbonyl (C=O) groups excluding carboxylic acids is 1. The van der Waals surface area contributed by atoms with E-state index in [0.29, 0.717) is 5.92 Å². The number of hydrogen-bond donors (Lipinski definition) is 2. The molecule has 2 N–H and O–H groups in total. The van der Waals surface area contributed by atoms with E-state index in [9.17, 15) is 4.79 Å². The third-order valence-corrected chi connectivity index (χ3v) is 1.74. The van der Waals surface area contributed by atoms with Gasteiger partial charge in [-0.2, -0.15) is 0 Å². The van der Waals surface area contributed by atoms with Crippen LogP contribution in [0.1, 0.15) is 13.8 Å². The van der Waals surface area contributed by atoms with Crippen LogP contribution in [0.2, 0.25) is 0 Å². The van der Waals surface area contributed by atoms with E-state index in [1.165, 1.54) is 0 Å². The van der Waals surface area contributed by atoms with Crippen LogP contribution in [-0.4, -0.2) is 25.0 Å². The van der Waals surface area contributed by atoms with Crippen molar-refractivity contribution >= 4 is 18.3 Å². The van der Waals surface area contributed by atoms with Gasteiger partial charge in [0, 0.05) is 13.1 Å². The number of carbonyl (C=O) groups is 1. The minimum atomic E-state index is 0. The molecule has 0 aromatic carbocycles. The van der Waals surface area contributed by atoms with Crippen molar-refractivity contribution in [1.82, 2.24) is 10.6 Å². The van der Waals surface area contributed by atoms with Gasteiger partial charge in [0.1, 0.15) is 0 Å². The zero-order valence-electron chi connectivity index (χ0n) is 6.89. The second-order valence-corrected chi connectivity index (χ2v) is 2.97. The lowest BCUT2D eigenvalue weighted by molar-refractivity contribution is -0.125. The molecule has 0 aliphatic carbocycles. The summed E-state index contributed by atoms with van der Waals surface area (Å²) >= 11 is 0. The van der Waals surface area contributed by atoms with Gasteiger partial charge in [0.15, 0.2) is 0 Å². The maximum atomic E-state index is 11.1. The highest BCUT2D eigenvalue weighted by Gasteiger charge is 2.23. The smallest absolute Gasteiger partial charge is 0.237 e. The summed E-state index contributed by atoms with van der Waals surface area (Å²) in [5.41, 5.74) is 0. The minimum Gasteiger partial charge on any atom is -0.353 e. The Morgan fingerprint density at radius 2 is 2.09 bits per heavy atom. The van der Waals surface area contributed by atoms with Gasteiger partial charge in [-0.1, -0.05) is 13.8 Å². The van der Waals surface area contributed by atoms with Gasteiger partial charge in [0.25, 0.3) is 0 Å². The lowest BCUT2D eigenvalue weighted by Crippen LogP contribution is -2.55. The van der Waals surface area contributed by atoms with Crippen molar-refractivity contribution in [2.75, 3.05) is 13.1 Å². The standard InChI is InChI=1S/C7H14N2O.ClH/c1-5(2)6-7(10)9-4-3-8-6;/h5-6,8H,3-4H2,1-2H3,(H,9,10);1H/t6-;/m1./s1.